The number of rotatable bonds is 4. The molecule has 1 aliphatic rings. The van der Waals surface area contributed by atoms with E-state index in [4.69, 9.17) is 9.84 Å². The summed E-state index contributed by atoms with van der Waals surface area (Å²) in [5, 5.41) is 10.8. The summed E-state index contributed by atoms with van der Waals surface area (Å²) in [4.78, 5) is 28.8. The normalized spacial score (nSPS) is 22.9. The topological polar surface area (TPSA) is 79.7 Å². The zero-order valence-electron chi connectivity index (χ0n) is 9.91. The van der Waals surface area contributed by atoms with Gasteiger partial charge in [-0.2, -0.15) is 0 Å². The molecule has 18 heavy (non-hydrogen) atoms. The molecule has 0 saturated carbocycles. The average Bonchev–Trinajstić information content (AvgIpc) is 3.00. The molecule has 2 heterocycles. The molecule has 0 spiro atoms. The van der Waals surface area contributed by atoms with Gasteiger partial charge in [0.2, 0.25) is 0 Å². The quantitative estimate of drug-likeness (QED) is 0.871. The number of nitrogens with zero attached hydrogens (tertiary/aromatic N) is 2. The molecule has 1 amide bonds. The van der Waals surface area contributed by atoms with E-state index in [2.05, 4.69) is 4.98 Å². The maximum atomic E-state index is 12.2. The standard InChI is InChI=1S/C11H14N2O4S/c1-2-13(10(14)8-5-18-6-12-8)9-4-17-3-7(9)11(15)16/h5-7,9H,2-4H2,1H3,(H,15,16). The molecule has 2 unspecified atom stereocenters. The summed E-state index contributed by atoms with van der Waals surface area (Å²) in [6, 6.07) is -0.415. The lowest BCUT2D eigenvalue weighted by atomic mass is 10.0. The van der Waals surface area contributed by atoms with Crippen molar-refractivity contribution < 1.29 is 19.4 Å². The summed E-state index contributed by atoms with van der Waals surface area (Å²) in [6.07, 6.45) is 0. The molecule has 1 aromatic heterocycles. The van der Waals surface area contributed by atoms with Gasteiger partial charge in [0.05, 0.1) is 24.8 Å². The molecule has 98 valence electrons. The molecule has 1 aromatic rings. The van der Waals surface area contributed by atoms with Crippen molar-refractivity contribution in [3.8, 4) is 0 Å². The molecule has 0 aromatic carbocycles. The first-order valence-electron chi connectivity index (χ1n) is 5.64. The molecule has 0 bridgehead atoms. The maximum absolute atomic E-state index is 12.2. The highest BCUT2D eigenvalue weighted by atomic mass is 32.1. The minimum atomic E-state index is -0.929. The Hall–Kier alpha value is -1.47. The van der Waals surface area contributed by atoms with E-state index < -0.39 is 17.9 Å². The molecule has 7 heteroatoms. The third-order valence-corrected chi connectivity index (χ3v) is 3.61. The smallest absolute Gasteiger partial charge is 0.311 e. The van der Waals surface area contributed by atoms with Crippen molar-refractivity contribution in [2.45, 2.75) is 13.0 Å². The van der Waals surface area contributed by atoms with Gasteiger partial charge in [0, 0.05) is 11.9 Å². The Morgan fingerprint density at radius 1 is 1.61 bits per heavy atom. The number of ether oxygens (including phenoxy) is 1. The summed E-state index contributed by atoms with van der Waals surface area (Å²) in [6.45, 7) is 2.68. The van der Waals surface area contributed by atoms with Crippen LogP contribution in [-0.4, -0.2) is 52.7 Å². The Morgan fingerprint density at radius 3 is 2.94 bits per heavy atom. The number of amides is 1. The Bertz CT molecular complexity index is 434. The molecule has 1 N–H and O–H groups in total. The Morgan fingerprint density at radius 2 is 2.39 bits per heavy atom. The summed E-state index contributed by atoms with van der Waals surface area (Å²) >= 11 is 1.34. The third kappa shape index (κ3) is 2.37. The van der Waals surface area contributed by atoms with Crippen LogP contribution in [0.15, 0.2) is 10.9 Å². The number of carbonyl (C=O) groups excluding carboxylic acids is 1. The number of carboxylic acid groups (broad SMARTS) is 1. The molecule has 2 atom stereocenters. The van der Waals surface area contributed by atoms with Crippen molar-refractivity contribution in [1.82, 2.24) is 9.88 Å². The van der Waals surface area contributed by atoms with Crippen LogP contribution < -0.4 is 0 Å². The predicted octanol–water partition coefficient (Wildman–Crippen LogP) is 0.705. The van der Waals surface area contributed by atoms with E-state index in [0.717, 1.165) is 0 Å². The summed E-state index contributed by atoms with van der Waals surface area (Å²) < 4.78 is 5.19. The largest absolute Gasteiger partial charge is 0.481 e. The van der Waals surface area contributed by atoms with Crippen LogP contribution in [0.5, 0.6) is 0 Å². The molecular formula is C11H14N2O4S. The number of hydrogen-bond acceptors (Lipinski definition) is 5. The Kier molecular flexibility index (Phi) is 3.93. The van der Waals surface area contributed by atoms with Gasteiger partial charge in [0.1, 0.15) is 11.6 Å². The fraction of sp³-hybridized carbons (Fsp3) is 0.545. The highest BCUT2D eigenvalue weighted by Crippen LogP contribution is 2.21. The van der Waals surface area contributed by atoms with E-state index in [1.54, 1.807) is 10.9 Å². The second-order valence-corrected chi connectivity index (χ2v) is 4.73. The van der Waals surface area contributed by atoms with E-state index in [9.17, 15) is 9.59 Å². The molecule has 1 aliphatic heterocycles. The van der Waals surface area contributed by atoms with Gasteiger partial charge in [-0.3, -0.25) is 9.59 Å². The van der Waals surface area contributed by atoms with E-state index in [1.807, 2.05) is 6.92 Å². The fourth-order valence-corrected chi connectivity index (χ4v) is 2.61. The number of thiazole rings is 1. The minimum absolute atomic E-state index is 0.154. The Labute approximate surface area is 108 Å². The van der Waals surface area contributed by atoms with Crippen molar-refractivity contribution >= 4 is 23.2 Å². The van der Waals surface area contributed by atoms with Crippen molar-refractivity contribution in [2.75, 3.05) is 19.8 Å². The summed E-state index contributed by atoms with van der Waals surface area (Å²) in [7, 11) is 0. The first kappa shape index (κ1) is 13.0. The van der Waals surface area contributed by atoms with Gasteiger partial charge in [0.15, 0.2) is 0 Å². The summed E-state index contributed by atoms with van der Waals surface area (Å²) in [5.41, 5.74) is 1.94. The molecule has 6 nitrogen and oxygen atoms in total. The first-order chi connectivity index (χ1) is 8.65. The highest BCUT2D eigenvalue weighted by Gasteiger charge is 2.39. The molecular weight excluding hydrogens is 256 g/mol. The van der Waals surface area contributed by atoms with Crippen LogP contribution in [0.25, 0.3) is 0 Å². The average molecular weight is 270 g/mol. The van der Waals surface area contributed by atoms with Crippen molar-refractivity contribution in [1.29, 1.82) is 0 Å². The van der Waals surface area contributed by atoms with Gasteiger partial charge in [-0.05, 0) is 6.92 Å². The molecule has 2 rings (SSSR count). The SMILES string of the molecule is CCN(C(=O)c1cscn1)C1COCC1C(=O)O. The van der Waals surface area contributed by atoms with Crippen LogP contribution in [-0.2, 0) is 9.53 Å². The molecule has 0 radical (unpaired) electrons. The van der Waals surface area contributed by atoms with Gasteiger partial charge in [-0.1, -0.05) is 0 Å². The number of aromatic nitrogens is 1. The van der Waals surface area contributed by atoms with Crippen LogP contribution in [0.3, 0.4) is 0 Å². The molecule has 1 fully saturated rings. The van der Waals surface area contributed by atoms with Crippen LogP contribution in [0, 0.1) is 5.92 Å². The van der Waals surface area contributed by atoms with E-state index in [1.165, 1.54) is 16.2 Å². The predicted molar refractivity (Wildman–Crippen MR) is 64.6 cm³/mol. The third-order valence-electron chi connectivity index (χ3n) is 3.02. The van der Waals surface area contributed by atoms with Gasteiger partial charge in [-0.15, -0.1) is 11.3 Å². The lowest BCUT2D eigenvalue weighted by molar-refractivity contribution is -0.142. The lowest BCUT2D eigenvalue weighted by Crippen LogP contribution is -2.46. The van der Waals surface area contributed by atoms with Gasteiger partial charge in [-0.25, -0.2) is 4.98 Å². The minimum Gasteiger partial charge on any atom is -0.481 e. The zero-order valence-corrected chi connectivity index (χ0v) is 10.7. The lowest BCUT2D eigenvalue weighted by Gasteiger charge is -2.28. The van der Waals surface area contributed by atoms with Crippen molar-refractivity contribution in [3.63, 3.8) is 0 Å². The van der Waals surface area contributed by atoms with Gasteiger partial charge < -0.3 is 14.7 Å². The van der Waals surface area contributed by atoms with Crippen LogP contribution in [0.1, 0.15) is 17.4 Å². The number of carboxylic acids is 1. The first-order valence-corrected chi connectivity index (χ1v) is 6.59. The van der Waals surface area contributed by atoms with E-state index in [0.29, 0.717) is 12.2 Å². The zero-order chi connectivity index (χ0) is 13.1. The molecule has 1 saturated heterocycles. The van der Waals surface area contributed by atoms with Crippen molar-refractivity contribution in [2.24, 2.45) is 5.92 Å². The van der Waals surface area contributed by atoms with Gasteiger partial charge in [0.25, 0.3) is 5.91 Å². The number of aliphatic carboxylic acids is 1. The Balaban J connectivity index is 2.18. The van der Waals surface area contributed by atoms with E-state index in [-0.39, 0.29) is 19.1 Å². The van der Waals surface area contributed by atoms with Crippen LogP contribution >= 0.6 is 11.3 Å². The fourth-order valence-electron chi connectivity index (χ4n) is 2.08. The summed E-state index contributed by atoms with van der Waals surface area (Å²) in [5.74, 6) is -1.82. The number of likely N-dealkylation sites (N-methyl/N-ethyl adjacent to an activating group) is 1. The van der Waals surface area contributed by atoms with Gasteiger partial charge >= 0.3 is 5.97 Å². The van der Waals surface area contributed by atoms with Crippen LogP contribution in [0.2, 0.25) is 0 Å². The number of carbonyl (C=O) groups is 2. The van der Waals surface area contributed by atoms with Crippen LogP contribution in [0.4, 0.5) is 0 Å². The maximum Gasteiger partial charge on any atom is 0.311 e. The highest BCUT2D eigenvalue weighted by molar-refractivity contribution is 7.07. The molecule has 0 aliphatic carbocycles. The second-order valence-electron chi connectivity index (χ2n) is 4.01. The monoisotopic (exact) mass is 270 g/mol. The van der Waals surface area contributed by atoms with Crippen molar-refractivity contribution in [3.05, 3.63) is 16.6 Å². The van der Waals surface area contributed by atoms with E-state index >= 15 is 0 Å². The number of hydrogen-bond donors (Lipinski definition) is 1. The second kappa shape index (κ2) is 5.45.